The summed E-state index contributed by atoms with van der Waals surface area (Å²) in [7, 11) is 2.15. The van der Waals surface area contributed by atoms with Crippen LogP contribution in [0.15, 0.2) is 96.0 Å². The molecular weight excluding hydrogens is 402 g/mol. The average molecular weight is 426 g/mol. The maximum atomic E-state index is 4.63. The summed E-state index contributed by atoms with van der Waals surface area (Å²) in [6.45, 7) is 0.845. The predicted molar refractivity (Wildman–Crippen MR) is 139 cm³/mol. The van der Waals surface area contributed by atoms with E-state index in [4.69, 9.17) is 0 Å². The fourth-order valence-electron chi connectivity index (χ4n) is 5.58. The molecule has 33 heavy (non-hydrogen) atoms. The first-order valence-corrected chi connectivity index (χ1v) is 11.5. The fraction of sp³-hybridized carbons (Fsp3) is 0.100. The number of hydrogen-bond donors (Lipinski definition) is 0. The Bertz CT molecular complexity index is 1710. The Morgan fingerprint density at radius 2 is 1.52 bits per heavy atom. The average Bonchev–Trinajstić information content (AvgIpc) is 3.37. The molecule has 0 unspecified atom stereocenters. The zero-order chi connectivity index (χ0) is 21.9. The molecule has 0 amide bonds. The van der Waals surface area contributed by atoms with Crippen LogP contribution in [0.25, 0.3) is 49.5 Å². The lowest BCUT2D eigenvalue weighted by Gasteiger charge is -2.11. The number of hydrogen-bond acceptors (Lipinski definition) is 1. The second-order valence-corrected chi connectivity index (χ2v) is 8.83. The van der Waals surface area contributed by atoms with Crippen LogP contribution in [0, 0.1) is 0 Å². The van der Waals surface area contributed by atoms with E-state index in [0.29, 0.717) is 0 Å². The Morgan fingerprint density at radius 3 is 2.42 bits per heavy atom. The topological polar surface area (TPSA) is 22.2 Å². The summed E-state index contributed by atoms with van der Waals surface area (Å²) in [6, 6.07) is 32.9. The van der Waals surface area contributed by atoms with Gasteiger partial charge in [-0.05, 0) is 59.5 Å². The van der Waals surface area contributed by atoms with Gasteiger partial charge in [0.2, 0.25) is 0 Å². The van der Waals surface area contributed by atoms with Gasteiger partial charge < -0.3 is 9.13 Å². The monoisotopic (exact) mass is 425 g/mol. The number of aryl methyl sites for hydroxylation is 1. The number of para-hydroxylation sites is 2. The normalized spacial score (nSPS) is 13.2. The molecule has 158 valence electrons. The molecule has 0 saturated heterocycles. The summed E-state index contributed by atoms with van der Waals surface area (Å²) >= 11 is 0. The van der Waals surface area contributed by atoms with Gasteiger partial charge in [-0.1, -0.05) is 54.6 Å². The maximum Gasteiger partial charge on any atom is 0.0679 e. The van der Waals surface area contributed by atoms with Gasteiger partial charge in [-0.2, -0.15) is 0 Å². The van der Waals surface area contributed by atoms with Gasteiger partial charge in [0.15, 0.2) is 0 Å². The summed E-state index contributed by atoms with van der Waals surface area (Å²) in [5, 5.41) is 3.96. The van der Waals surface area contributed by atoms with Gasteiger partial charge in [0.25, 0.3) is 0 Å². The highest BCUT2D eigenvalue weighted by molar-refractivity contribution is 6.11. The van der Waals surface area contributed by atoms with Crippen molar-refractivity contribution < 1.29 is 0 Å². The van der Waals surface area contributed by atoms with Crippen molar-refractivity contribution in [2.24, 2.45) is 12.0 Å². The van der Waals surface area contributed by atoms with Crippen molar-refractivity contribution in [1.82, 2.24) is 9.13 Å². The van der Waals surface area contributed by atoms with Crippen LogP contribution in [-0.4, -0.2) is 21.9 Å². The lowest BCUT2D eigenvalue weighted by molar-refractivity contribution is 0.940. The van der Waals surface area contributed by atoms with E-state index in [2.05, 4.69) is 118 Å². The van der Waals surface area contributed by atoms with Gasteiger partial charge in [-0.25, -0.2) is 0 Å². The summed E-state index contributed by atoms with van der Waals surface area (Å²) < 4.78 is 4.66. The van der Waals surface area contributed by atoms with Crippen LogP contribution in [0.4, 0.5) is 0 Å². The number of nitrogens with zero attached hydrogens (tertiary/aromatic N) is 3. The molecule has 0 spiro atoms. The minimum Gasteiger partial charge on any atom is -0.344 e. The van der Waals surface area contributed by atoms with Crippen LogP contribution in [0.1, 0.15) is 11.3 Å². The van der Waals surface area contributed by atoms with Gasteiger partial charge in [-0.15, -0.1) is 0 Å². The van der Waals surface area contributed by atoms with E-state index in [1.807, 2.05) is 0 Å². The third-order valence-corrected chi connectivity index (χ3v) is 7.08. The van der Waals surface area contributed by atoms with Crippen molar-refractivity contribution in [3.05, 3.63) is 102 Å². The molecule has 0 bridgehead atoms. The highest BCUT2D eigenvalue weighted by Crippen LogP contribution is 2.39. The number of aliphatic imine (C=N–C) groups is 1. The van der Waals surface area contributed by atoms with Crippen LogP contribution < -0.4 is 0 Å². The summed E-state index contributed by atoms with van der Waals surface area (Å²) in [5.41, 5.74) is 10.1. The number of aromatic nitrogens is 2. The van der Waals surface area contributed by atoms with Crippen molar-refractivity contribution >= 4 is 38.9 Å². The molecule has 6 aromatic rings. The van der Waals surface area contributed by atoms with Crippen LogP contribution in [0.2, 0.25) is 0 Å². The standard InChI is InChI=1S/C30H23N3/c1-32-26-12-6-5-10-23(26)25-18-20(14-15-27(25)32)22-11-7-13-28-30(22)24-16-17-31-19-29(24)33(28)21-8-3-2-4-9-21/h2-15,18-19H,16-17H2,1H3. The van der Waals surface area contributed by atoms with Gasteiger partial charge in [0, 0.05) is 52.7 Å². The SMILES string of the molecule is Cn1c2ccccc2c2cc(-c3cccc4c3c3c(n4-c4ccccc4)C=NCC3)ccc21. The first kappa shape index (κ1) is 18.5. The molecule has 3 heteroatoms. The Morgan fingerprint density at radius 1 is 0.727 bits per heavy atom. The molecule has 4 aromatic carbocycles. The maximum absolute atomic E-state index is 4.63. The van der Waals surface area contributed by atoms with Crippen LogP contribution in [0.5, 0.6) is 0 Å². The molecule has 0 N–H and O–H groups in total. The van der Waals surface area contributed by atoms with Gasteiger partial charge in [0.1, 0.15) is 0 Å². The van der Waals surface area contributed by atoms with Crippen molar-refractivity contribution in [1.29, 1.82) is 0 Å². The number of fused-ring (bicyclic) bond motifs is 6. The largest absolute Gasteiger partial charge is 0.344 e. The molecule has 2 aromatic heterocycles. The highest BCUT2D eigenvalue weighted by atomic mass is 15.0. The third kappa shape index (κ3) is 2.59. The third-order valence-electron chi connectivity index (χ3n) is 7.08. The van der Waals surface area contributed by atoms with Crippen molar-refractivity contribution in [3.8, 4) is 16.8 Å². The molecular formula is C30H23N3. The van der Waals surface area contributed by atoms with E-state index in [1.165, 1.54) is 60.8 Å². The van der Waals surface area contributed by atoms with Crippen LogP contribution in [0.3, 0.4) is 0 Å². The van der Waals surface area contributed by atoms with Gasteiger partial charge >= 0.3 is 0 Å². The Balaban J connectivity index is 1.55. The molecule has 0 atom stereocenters. The minimum atomic E-state index is 0.845. The van der Waals surface area contributed by atoms with Gasteiger partial charge in [-0.3, -0.25) is 4.99 Å². The van der Waals surface area contributed by atoms with Crippen molar-refractivity contribution in [2.75, 3.05) is 6.54 Å². The Kier molecular flexibility index (Phi) is 3.88. The molecule has 0 aliphatic carbocycles. The number of rotatable bonds is 2. The van der Waals surface area contributed by atoms with E-state index in [-0.39, 0.29) is 0 Å². The molecule has 0 saturated carbocycles. The van der Waals surface area contributed by atoms with E-state index in [9.17, 15) is 0 Å². The van der Waals surface area contributed by atoms with Crippen LogP contribution >= 0.6 is 0 Å². The zero-order valence-electron chi connectivity index (χ0n) is 18.5. The minimum absolute atomic E-state index is 0.845. The molecule has 0 radical (unpaired) electrons. The zero-order valence-corrected chi connectivity index (χ0v) is 18.5. The second kappa shape index (κ2) is 6.94. The van der Waals surface area contributed by atoms with Crippen molar-refractivity contribution in [2.45, 2.75) is 6.42 Å². The summed E-state index contributed by atoms with van der Waals surface area (Å²) in [6.07, 6.45) is 3.03. The summed E-state index contributed by atoms with van der Waals surface area (Å²) in [5.74, 6) is 0. The lowest BCUT2D eigenvalue weighted by Crippen LogP contribution is -2.06. The Hall–Kier alpha value is -4.11. The molecule has 3 heterocycles. The number of benzene rings is 4. The molecule has 1 aliphatic heterocycles. The van der Waals surface area contributed by atoms with E-state index in [0.717, 1.165) is 13.0 Å². The highest BCUT2D eigenvalue weighted by Gasteiger charge is 2.22. The molecule has 1 aliphatic rings. The first-order chi connectivity index (χ1) is 16.3. The molecule has 0 fully saturated rings. The van der Waals surface area contributed by atoms with E-state index in [1.54, 1.807) is 0 Å². The van der Waals surface area contributed by atoms with E-state index < -0.39 is 0 Å². The Labute approximate surface area is 192 Å². The summed E-state index contributed by atoms with van der Waals surface area (Å²) in [4.78, 5) is 4.63. The second-order valence-electron chi connectivity index (χ2n) is 8.83. The lowest BCUT2D eigenvalue weighted by atomic mass is 9.95. The fourth-order valence-corrected chi connectivity index (χ4v) is 5.58. The quantitative estimate of drug-likeness (QED) is 0.287. The molecule has 7 rings (SSSR count). The first-order valence-electron chi connectivity index (χ1n) is 11.5. The van der Waals surface area contributed by atoms with E-state index >= 15 is 0 Å². The van der Waals surface area contributed by atoms with Crippen molar-refractivity contribution in [3.63, 3.8) is 0 Å². The molecule has 3 nitrogen and oxygen atoms in total. The van der Waals surface area contributed by atoms with Gasteiger partial charge in [0.05, 0.1) is 11.2 Å². The smallest absolute Gasteiger partial charge is 0.0679 e. The van der Waals surface area contributed by atoms with Crippen LogP contribution in [-0.2, 0) is 13.5 Å². The predicted octanol–water partition coefficient (Wildman–Crippen LogP) is 6.92.